The standard InChI is InChI=1S/C18H24N4O2S/c1-13(2)10-17-21-14(11-19)18(24-17)20-12-15(16-4-3-9-25-16)22-5-7-23-8-6-22/h3-4,9,13,15,20H,5-8,10,12H2,1-2H3/t15-/m1/s1. The molecule has 0 saturated carbocycles. The Labute approximate surface area is 152 Å². The fourth-order valence-corrected chi connectivity index (χ4v) is 3.83. The number of ether oxygens (including phenoxy) is 1. The van der Waals surface area contributed by atoms with E-state index >= 15 is 0 Å². The number of anilines is 1. The van der Waals surface area contributed by atoms with E-state index in [0.29, 0.717) is 29.9 Å². The number of thiophene rings is 1. The number of morpholine rings is 1. The fourth-order valence-electron chi connectivity index (χ4n) is 2.97. The first-order valence-corrected chi connectivity index (χ1v) is 9.54. The summed E-state index contributed by atoms with van der Waals surface area (Å²) in [6.45, 7) is 8.21. The SMILES string of the molecule is CC(C)Cc1nc(C#N)c(NC[C@H](c2cccs2)N2CCOCC2)o1. The van der Waals surface area contributed by atoms with Gasteiger partial charge in [-0.25, -0.2) is 4.98 Å². The van der Waals surface area contributed by atoms with Crippen molar-refractivity contribution in [3.05, 3.63) is 34.0 Å². The van der Waals surface area contributed by atoms with Gasteiger partial charge in [0.05, 0.1) is 19.3 Å². The van der Waals surface area contributed by atoms with Crippen LogP contribution in [0.3, 0.4) is 0 Å². The Balaban J connectivity index is 1.72. The lowest BCUT2D eigenvalue weighted by Gasteiger charge is -2.34. The molecule has 134 valence electrons. The lowest BCUT2D eigenvalue weighted by molar-refractivity contribution is 0.0193. The van der Waals surface area contributed by atoms with Gasteiger partial charge in [0.1, 0.15) is 6.07 Å². The van der Waals surface area contributed by atoms with Gasteiger partial charge in [0.2, 0.25) is 11.6 Å². The maximum atomic E-state index is 9.33. The molecule has 2 aromatic rings. The van der Waals surface area contributed by atoms with E-state index in [9.17, 15) is 5.26 Å². The van der Waals surface area contributed by atoms with Crippen LogP contribution in [0.1, 0.15) is 36.4 Å². The first kappa shape index (κ1) is 17.9. The Morgan fingerprint density at radius 1 is 1.40 bits per heavy atom. The van der Waals surface area contributed by atoms with Gasteiger partial charge in [-0.2, -0.15) is 5.26 Å². The van der Waals surface area contributed by atoms with Crippen molar-refractivity contribution in [2.45, 2.75) is 26.3 Å². The number of aromatic nitrogens is 1. The van der Waals surface area contributed by atoms with Crippen molar-refractivity contribution in [1.29, 1.82) is 5.26 Å². The quantitative estimate of drug-likeness (QED) is 0.817. The highest BCUT2D eigenvalue weighted by Crippen LogP contribution is 2.27. The molecule has 1 aliphatic heterocycles. The van der Waals surface area contributed by atoms with E-state index in [2.05, 4.69) is 52.6 Å². The van der Waals surface area contributed by atoms with Gasteiger partial charge in [-0.1, -0.05) is 19.9 Å². The summed E-state index contributed by atoms with van der Waals surface area (Å²) < 4.78 is 11.3. The number of rotatable bonds is 7. The Kier molecular flexibility index (Phi) is 6.08. The van der Waals surface area contributed by atoms with Crippen molar-refractivity contribution < 1.29 is 9.15 Å². The summed E-state index contributed by atoms with van der Waals surface area (Å²) in [5.41, 5.74) is 0.336. The van der Waals surface area contributed by atoms with Gasteiger partial charge in [-0.15, -0.1) is 11.3 Å². The maximum Gasteiger partial charge on any atom is 0.232 e. The van der Waals surface area contributed by atoms with Crippen LogP contribution in [0.25, 0.3) is 0 Å². The molecule has 1 aliphatic rings. The molecule has 1 atom stereocenters. The van der Waals surface area contributed by atoms with E-state index < -0.39 is 0 Å². The van der Waals surface area contributed by atoms with E-state index in [0.717, 1.165) is 32.7 Å². The van der Waals surface area contributed by atoms with E-state index in [1.54, 1.807) is 11.3 Å². The third kappa shape index (κ3) is 4.60. The predicted octanol–water partition coefficient (Wildman–Crippen LogP) is 3.29. The van der Waals surface area contributed by atoms with Crippen molar-refractivity contribution in [2.24, 2.45) is 5.92 Å². The number of nitrogens with one attached hydrogen (secondary N) is 1. The molecule has 0 bridgehead atoms. The molecule has 0 unspecified atom stereocenters. The van der Waals surface area contributed by atoms with E-state index in [1.807, 2.05) is 0 Å². The molecule has 1 N–H and O–H groups in total. The molecule has 0 aliphatic carbocycles. The van der Waals surface area contributed by atoms with Crippen LogP contribution >= 0.6 is 11.3 Å². The van der Waals surface area contributed by atoms with Crippen LogP contribution in [0.5, 0.6) is 0 Å². The molecule has 1 fully saturated rings. The van der Waals surface area contributed by atoms with Gasteiger partial charge < -0.3 is 14.5 Å². The van der Waals surface area contributed by atoms with Crippen LogP contribution in [0.2, 0.25) is 0 Å². The highest BCUT2D eigenvalue weighted by Gasteiger charge is 2.24. The molecule has 1 saturated heterocycles. The zero-order valence-corrected chi connectivity index (χ0v) is 15.5. The van der Waals surface area contributed by atoms with Gasteiger partial charge >= 0.3 is 0 Å². The second-order valence-electron chi connectivity index (χ2n) is 6.56. The summed E-state index contributed by atoms with van der Waals surface area (Å²) in [7, 11) is 0. The highest BCUT2D eigenvalue weighted by molar-refractivity contribution is 7.10. The van der Waals surface area contributed by atoms with E-state index in [4.69, 9.17) is 9.15 Å². The largest absolute Gasteiger partial charge is 0.424 e. The minimum Gasteiger partial charge on any atom is -0.424 e. The highest BCUT2D eigenvalue weighted by atomic mass is 32.1. The Hall–Kier alpha value is -1.88. The van der Waals surface area contributed by atoms with Crippen molar-refractivity contribution >= 4 is 17.2 Å². The second-order valence-corrected chi connectivity index (χ2v) is 7.53. The zero-order chi connectivity index (χ0) is 17.6. The summed E-state index contributed by atoms with van der Waals surface area (Å²) in [4.78, 5) is 8.02. The van der Waals surface area contributed by atoms with Gasteiger partial charge in [-0.3, -0.25) is 4.90 Å². The van der Waals surface area contributed by atoms with E-state index in [-0.39, 0.29) is 6.04 Å². The molecule has 3 heterocycles. The molecule has 2 aromatic heterocycles. The molecule has 7 heteroatoms. The Morgan fingerprint density at radius 3 is 2.84 bits per heavy atom. The predicted molar refractivity (Wildman–Crippen MR) is 97.7 cm³/mol. The molecule has 0 radical (unpaired) electrons. The Bertz CT molecular complexity index is 699. The van der Waals surface area contributed by atoms with Crippen LogP contribution in [0.15, 0.2) is 21.9 Å². The van der Waals surface area contributed by atoms with Gasteiger partial charge in [0, 0.05) is 30.9 Å². The summed E-state index contributed by atoms with van der Waals surface area (Å²) >= 11 is 1.75. The number of nitrogens with zero attached hydrogens (tertiary/aromatic N) is 3. The lowest BCUT2D eigenvalue weighted by Crippen LogP contribution is -2.41. The summed E-state index contributed by atoms with van der Waals surface area (Å²) in [6.07, 6.45) is 0.730. The monoisotopic (exact) mass is 360 g/mol. The average molecular weight is 360 g/mol. The molecular weight excluding hydrogens is 336 g/mol. The molecule has 0 amide bonds. The smallest absolute Gasteiger partial charge is 0.232 e. The molecule has 6 nitrogen and oxygen atoms in total. The molecule has 3 rings (SSSR count). The number of oxazole rings is 1. The molecule has 25 heavy (non-hydrogen) atoms. The third-order valence-corrected chi connectivity index (χ3v) is 5.15. The van der Waals surface area contributed by atoms with Crippen molar-refractivity contribution in [1.82, 2.24) is 9.88 Å². The molecule has 0 spiro atoms. The van der Waals surface area contributed by atoms with Crippen molar-refractivity contribution in [3.63, 3.8) is 0 Å². The average Bonchev–Trinajstić information content (AvgIpc) is 3.25. The maximum absolute atomic E-state index is 9.33. The number of hydrogen-bond donors (Lipinski definition) is 1. The van der Waals surface area contributed by atoms with Crippen LogP contribution in [-0.2, 0) is 11.2 Å². The minimum absolute atomic E-state index is 0.231. The zero-order valence-electron chi connectivity index (χ0n) is 14.7. The van der Waals surface area contributed by atoms with Crippen LogP contribution in [-0.4, -0.2) is 42.7 Å². The van der Waals surface area contributed by atoms with Gasteiger partial charge in [0.15, 0.2) is 5.89 Å². The van der Waals surface area contributed by atoms with Crippen LogP contribution in [0.4, 0.5) is 5.88 Å². The third-order valence-electron chi connectivity index (χ3n) is 4.17. The molecular formula is C18H24N4O2S. The topological polar surface area (TPSA) is 74.3 Å². The second kappa shape index (κ2) is 8.48. The molecule has 0 aromatic carbocycles. The number of hydrogen-bond acceptors (Lipinski definition) is 7. The van der Waals surface area contributed by atoms with Crippen LogP contribution < -0.4 is 5.32 Å². The summed E-state index contributed by atoms with van der Waals surface area (Å²) in [5.74, 6) is 1.53. The summed E-state index contributed by atoms with van der Waals surface area (Å²) in [6, 6.07) is 6.59. The van der Waals surface area contributed by atoms with Crippen LogP contribution in [0, 0.1) is 17.2 Å². The first-order chi connectivity index (χ1) is 12.2. The van der Waals surface area contributed by atoms with Crippen molar-refractivity contribution in [2.75, 3.05) is 38.2 Å². The Morgan fingerprint density at radius 2 is 2.20 bits per heavy atom. The minimum atomic E-state index is 0.231. The van der Waals surface area contributed by atoms with Gasteiger partial charge in [0.25, 0.3) is 0 Å². The van der Waals surface area contributed by atoms with Crippen molar-refractivity contribution in [3.8, 4) is 6.07 Å². The first-order valence-electron chi connectivity index (χ1n) is 8.66. The normalized spacial score (nSPS) is 16.7. The fraction of sp³-hybridized carbons (Fsp3) is 0.556. The number of nitriles is 1. The summed E-state index contributed by atoms with van der Waals surface area (Å²) in [5, 5.41) is 14.7. The van der Waals surface area contributed by atoms with E-state index in [1.165, 1.54) is 4.88 Å². The van der Waals surface area contributed by atoms with Gasteiger partial charge in [-0.05, 0) is 17.4 Å². The lowest BCUT2D eigenvalue weighted by atomic mass is 10.1.